The van der Waals surface area contributed by atoms with E-state index in [0.717, 1.165) is 13.0 Å². The molecule has 0 unspecified atom stereocenters. The number of ketones is 3. The first-order chi connectivity index (χ1) is 11.5. The zero-order chi connectivity index (χ0) is 18.8. The summed E-state index contributed by atoms with van der Waals surface area (Å²) in [6, 6.07) is 0. The van der Waals surface area contributed by atoms with E-state index < -0.39 is 45.6 Å². The quantitative estimate of drug-likeness (QED) is 0.350. The number of fused-ring (bicyclic) bond motifs is 3. The van der Waals surface area contributed by atoms with Crippen LogP contribution in [-0.2, 0) is 15.0 Å². The van der Waals surface area contributed by atoms with Gasteiger partial charge in [-0.3, -0.25) is 14.4 Å². The van der Waals surface area contributed by atoms with Gasteiger partial charge in [0.15, 0.2) is 17.3 Å². The van der Waals surface area contributed by atoms with Gasteiger partial charge in [-0.1, -0.05) is 5.76 Å². The van der Waals surface area contributed by atoms with Crippen molar-refractivity contribution in [1.29, 1.82) is 0 Å². The van der Waals surface area contributed by atoms with Crippen molar-refractivity contribution in [3.05, 3.63) is 39.9 Å². The Morgan fingerprint density at radius 1 is 1.15 bits per heavy atom. The Bertz CT molecular complexity index is 955. The maximum absolute atomic E-state index is 12.9. The first-order valence-corrected chi connectivity index (χ1v) is 7.50. The summed E-state index contributed by atoms with van der Waals surface area (Å²) in [5, 5.41) is 33.6. The summed E-state index contributed by atoms with van der Waals surface area (Å²) < 4.78 is 5.55. The minimum absolute atomic E-state index is 0. The molecule has 0 fully saturated rings. The van der Waals surface area contributed by atoms with Crippen molar-refractivity contribution in [2.24, 2.45) is 0 Å². The number of carbonyl (C=O) groups is 3. The molecule has 1 aliphatic heterocycles. The van der Waals surface area contributed by atoms with Crippen LogP contribution in [-0.4, -0.2) is 27.6 Å². The molecule has 1 atom stereocenters. The number of hydrogen-bond acceptors (Lipinski definition) is 7. The summed E-state index contributed by atoms with van der Waals surface area (Å²) in [5.41, 5.74) is -2.36. The van der Waals surface area contributed by atoms with Crippen LogP contribution in [0.15, 0.2) is 23.2 Å². The fourth-order valence-electron chi connectivity index (χ4n) is 3.34. The number of hydrogen-bond donors (Lipinski definition) is 2. The molecule has 1 aromatic rings. The van der Waals surface area contributed by atoms with E-state index in [2.05, 4.69) is 0 Å². The van der Waals surface area contributed by atoms with E-state index in [1.54, 1.807) is 0 Å². The van der Waals surface area contributed by atoms with Crippen molar-refractivity contribution >= 4 is 17.3 Å². The normalized spacial score (nSPS) is 20.6. The van der Waals surface area contributed by atoms with Gasteiger partial charge in [-0.05, 0) is 27.7 Å². The van der Waals surface area contributed by atoms with E-state index in [9.17, 15) is 29.7 Å². The van der Waals surface area contributed by atoms with Gasteiger partial charge in [-0.2, -0.15) is 0 Å². The Hall–Kier alpha value is -2.09. The standard InChI is InChI=1S/C18H16O7.Na/c1-6-14(22)12(8(3)20)16-13(15(6)23)18(4)10(25-16)5-9(21)11(7(2)19)17(18)24;/h5,22-24H,1-4H3;/q;+1/p-1/t18-;/m0./s1. The number of benzene rings is 1. The number of phenolic OH excluding ortho intramolecular Hbond substituents is 2. The molecule has 1 heterocycles. The summed E-state index contributed by atoms with van der Waals surface area (Å²) in [4.78, 5) is 35.8. The van der Waals surface area contributed by atoms with Crippen molar-refractivity contribution in [3.8, 4) is 17.2 Å². The minimum Gasteiger partial charge on any atom is -0.874 e. The van der Waals surface area contributed by atoms with Gasteiger partial charge in [0.25, 0.3) is 0 Å². The molecule has 1 aliphatic carbocycles. The first kappa shape index (κ1) is 20.2. The van der Waals surface area contributed by atoms with Gasteiger partial charge in [0.1, 0.15) is 28.6 Å². The molecule has 2 N–H and O–H groups in total. The zero-order valence-corrected chi connectivity index (χ0v) is 17.0. The van der Waals surface area contributed by atoms with Crippen molar-refractivity contribution in [1.82, 2.24) is 0 Å². The van der Waals surface area contributed by atoms with Gasteiger partial charge >= 0.3 is 29.6 Å². The second-order valence-electron chi connectivity index (χ2n) is 6.32. The van der Waals surface area contributed by atoms with Crippen LogP contribution in [0.5, 0.6) is 17.2 Å². The van der Waals surface area contributed by atoms with Crippen LogP contribution in [0.25, 0.3) is 0 Å². The second kappa shape index (κ2) is 6.26. The van der Waals surface area contributed by atoms with Gasteiger partial charge in [-0.15, -0.1) is 0 Å². The smallest absolute Gasteiger partial charge is 0.874 e. The van der Waals surface area contributed by atoms with E-state index in [-0.39, 0.29) is 57.8 Å². The Kier molecular flexibility index (Phi) is 4.87. The van der Waals surface area contributed by atoms with Crippen molar-refractivity contribution in [2.45, 2.75) is 33.1 Å². The molecule has 0 saturated carbocycles. The first-order valence-electron chi connectivity index (χ1n) is 7.50. The summed E-state index contributed by atoms with van der Waals surface area (Å²) in [6.45, 7) is 5.10. The predicted octanol–water partition coefficient (Wildman–Crippen LogP) is -2.07. The van der Waals surface area contributed by atoms with E-state index in [1.165, 1.54) is 20.8 Å². The van der Waals surface area contributed by atoms with Crippen molar-refractivity contribution < 1.29 is 64.0 Å². The Balaban J connectivity index is 0.00000243. The number of allylic oxidation sites excluding steroid dienone is 2. The molecular formula is C18H15NaO7. The van der Waals surface area contributed by atoms with Crippen LogP contribution in [0, 0.1) is 6.92 Å². The molecule has 0 spiro atoms. The van der Waals surface area contributed by atoms with E-state index in [4.69, 9.17) is 4.74 Å². The molecule has 3 rings (SSSR count). The molecule has 0 saturated heterocycles. The molecule has 8 heteroatoms. The maximum atomic E-state index is 12.9. The van der Waals surface area contributed by atoms with Crippen LogP contribution in [0.4, 0.5) is 0 Å². The Morgan fingerprint density at radius 2 is 1.73 bits per heavy atom. The third kappa shape index (κ3) is 2.35. The summed E-state index contributed by atoms with van der Waals surface area (Å²) in [7, 11) is 0. The monoisotopic (exact) mass is 366 g/mol. The third-order valence-corrected chi connectivity index (χ3v) is 4.74. The van der Waals surface area contributed by atoms with Crippen LogP contribution < -0.4 is 39.4 Å². The molecular weight excluding hydrogens is 351 g/mol. The van der Waals surface area contributed by atoms with Gasteiger partial charge < -0.3 is 20.1 Å². The van der Waals surface area contributed by atoms with Gasteiger partial charge in [-0.25, -0.2) is 0 Å². The fourth-order valence-corrected chi connectivity index (χ4v) is 3.34. The van der Waals surface area contributed by atoms with Crippen LogP contribution in [0.1, 0.15) is 42.3 Å². The van der Waals surface area contributed by atoms with Gasteiger partial charge in [0, 0.05) is 11.6 Å². The van der Waals surface area contributed by atoms with E-state index in [0.29, 0.717) is 0 Å². The number of aromatic hydroxyl groups is 2. The average molecular weight is 366 g/mol. The molecule has 26 heavy (non-hydrogen) atoms. The van der Waals surface area contributed by atoms with Crippen molar-refractivity contribution in [3.63, 3.8) is 0 Å². The third-order valence-electron chi connectivity index (χ3n) is 4.74. The summed E-state index contributed by atoms with van der Waals surface area (Å²) in [6.07, 6.45) is 1.01. The predicted molar refractivity (Wildman–Crippen MR) is 83.3 cm³/mol. The molecule has 0 radical (unpaired) electrons. The van der Waals surface area contributed by atoms with Gasteiger partial charge in [0.2, 0.25) is 0 Å². The van der Waals surface area contributed by atoms with Crippen LogP contribution >= 0.6 is 0 Å². The molecule has 0 aromatic heterocycles. The van der Waals surface area contributed by atoms with Crippen LogP contribution in [0.2, 0.25) is 0 Å². The summed E-state index contributed by atoms with van der Waals surface area (Å²) >= 11 is 0. The second-order valence-corrected chi connectivity index (χ2v) is 6.32. The molecule has 0 bridgehead atoms. The minimum atomic E-state index is -1.63. The molecule has 7 nitrogen and oxygen atoms in total. The summed E-state index contributed by atoms with van der Waals surface area (Å²) in [5.74, 6) is -3.97. The number of rotatable bonds is 2. The maximum Gasteiger partial charge on any atom is 1.00 e. The van der Waals surface area contributed by atoms with E-state index in [1.807, 2.05) is 0 Å². The fraction of sp³-hybridized carbons (Fsp3) is 0.278. The van der Waals surface area contributed by atoms with Crippen LogP contribution in [0.3, 0.4) is 0 Å². The van der Waals surface area contributed by atoms with Crippen molar-refractivity contribution in [2.75, 3.05) is 0 Å². The number of phenols is 2. The van der Waals surface area contributed by atoms with Gasteiger partial charge in [0.05, 0.1) is 16.6 Å². The largest absolute Gasteiger partial charge is 1.00 e. The molecule has 130 valence electrons. The number of carbonyl (C=O) groups excluding carboxylic acids is 3. The zero-order valence-electron chi connectivity index (χ0n) is 15.0. The molecule has 1 aromatic carbocycles. The topological polar surface area (TPSA) is 124 Å². The number of ether oxygens (including phenoxy) is 1. The Morgan fingerprint density at radius 3 is 2.23 bits per heavy atom. The average Bonchev–Trinajstić information content (AvgIpc) is 2.78. The number of Topliss-reactive ketones (excluding diaryl/α,β-unsaturated/α-hetero) is 2. The molecule has 0 amide bonds. The Labute approximate surface area is 171 Å². The SMILES string of the molecule is CC(=O)C1=C([O-])[C@@]2(C)C(=CC1=O)Oc1c(C(C)=O)c(O)c(C)c(O)c12.[Na+]. The van der Waals surface area contributed by atoms with E-state index >= 15 is 0 Å². The molecule has 2 aliphatic rings.